The van der Waals surface area contributed by atoms with Crippen LogP contribution in [-0.2, 0) is 10.2 Å². The Balaban J connectivity index is 1.75. The number of benzene rings is 1. The molecule has 1 aromatic heterocycles. The van der Waals surface area contributed by atoms with Gasteiger partial charge in [-0.05, 0) is 18.2 Å². The van der Waals surface area contributed by atoms with Crippen molar-refractivity contribution in [1.82, 2.24) is 5.32 Å². The molecule has 3 rings (SSSR count). The van der Waals surface area contributed by atoms with E-state index in [1.54, 1.807) is 0 Å². The molecule has 122 valence electrons. The van der Waals surface area contributed by atoms with Gasteiger partial charge in [0.1, 0.15) is 12.1 Å². The SMILES string of the molecule is CN1c2ccc(F)cc2N(CCNC(=O)c2ccoc2)S1(=O)=O. The van der Waals surface area contributed by atoms with Gasteiger partial charge >= 0.3 is 10.2 Å². The summed E-state index contributed by atoms with van der Waals surface area (Å²) >= 11 is 0. The van der Waals surface area contributed by atoms with Crippen LogP contribution in [0.1, 0.15) is 10.4 Å². The Labute approximate surface area is 132 Å². The van der Waals surface area contributed by atoms with Gasteiger partial charge in [0.2, 0.25) is 0 Å². The van der Waals surface area contributed by atoms with Crippen LogP contribution in [0.4, 0.5) is 15.8 Å². The number of furan rings is 1. The molecule has 2 aromatic rings. The minimum atomic E-state index is -3.76. The fourth-order valence-electron chi connectivity index (χ4n) is 2.36. The Kier molecular flexibility index (Phi) is 3.72. The van der Waals surface area contributed by atoms with Crippen molar-refractivity contribution in [2.24, 2.45) is 0 Å². The van der Waals surface area contributed by atoms with Gasteiger partial charge in [-0.3, -0.25) is 9.10 Å². The van der Waals surface area contributed by atoms with E-state index in [4.69, 9.17) is 4.42 Å². The summed E-state index contributed by atoms with van der Waals surface area (Å²) < 4.78 is 45.1. The van der Waals surface area contributed by atoms with Crippen LogP contribution in [0.5, 0.6) is 0 Å². The van der Waals surface area contributed by atoms with Crippen molar-refractivity contribution in [3.63, 3.8) is 0 Å². The highest BCUT2D eigenvalue weighted by atomic mass is 32.2. The molecule has 1 aliphatic rings. The van der Waals surface area contributed by atoms with E-state index in [2.05, 4.69) is 5.32 Å². The van der Waals surface area contributed by atoms with Crippen molar-refractivity contribution >= 4 is 27.5 Å². The molecule has 0 bridgehead atoms. The number of hydrogen-bond acceptors (Lipinski definition) is 4. The zero-order valence-corrected chi connectivity index (χ0v) is 13.0. The fourth-order valence-corrected chi connectivity index (χ4v) is 3.78. The quantitative estimate of drug-likeness (QED) is 0.911. The summed E-state index contributed by atoms with van der Waals surface area (Å²) in [5, 5.41) is 2.59. The molecular formula is C14H14FN3O4S. The average Bonchev–Trinajstić information content (AvgIpc) is 3.09. The lowest BCUT2D eigenvalue weighted by atomic mass is 10.2. The van der Waals surface area contributed by atoms with Gasteiger partial charge in [0.05, 0.1) is 29.7 Å². The molecule has 7 nitrogen and oxygen atoms in total. The molecule has 0 saturated carbocycles. The van der Waals surface area contributed by atoms with Gasteiger partial charge in [-0.2, -0.15) is 8.42 Å². The number of amides is 1. The van der Waals surface area contributed by atoms with Gasteiger partial charge in [-0.1, -0.05) is 0 Å². The van der Waals surface area contributed by atoms with Gasteiger partial charge in [-0.15, -0.1) is 0 Å². The summed E-state index contributed by atoms with van der Waals surface area (Å²) in [5.74, 6) is -0.898. The van der Waals surface area contributed by atoms with Gasteiger partial charge < -0.3 is 9.73 Å². The summed E-state index contributed by atoms with van der Waals surface area (Å²) in [7, 11) is -2.36. The molecule has 0 spiro atoms. The van der Waals surface area contributed by atoms with Crippen LogP contribution in [0.15, 0.2) is 41.2 Å². The highest BCUT2D eigenvalue weighted by Gasteiger charge is 2.37. The van der Waals surface area contributed by atoms with Gasteiger partial charge in [0.25, 0.3) is 5.91 Å². The molecule has 0 radical (unpaired) electrons. The van der Waals surface area contributed by atoms with E-state index in [0.29, 0.717) is 11.3 Å². The van der Waals surface area contributed by atoms with E-state index in [0.717, 1.165) is 14.7 Å². The van der Waals surface area contributed by atoms with Crippen LogP contribution in [0.3, 0.4) is 0 Å². The van der Waals surface area contributed by atoms with Crippen LogP contribution in [0, 0.1) is 5.82 Å². The normalized spacial score (nSPS) is 15.6. The van der Waals surface area contributed by atoms with E-state index in [9.17, 15) is 17.6 Å². The van der Waals surface area contributed by atoms with E-state index in [-0.39, 0.29) is 24.7 Å². The maximum absolute atomic E-state index is 13.4. The summed E-state index contributed by atoms with van der Waals surface area (Å²) in [4.78, 5) is 11.8. The number of nitrogens with zero attached hydrogens (tertiary/aromatic N) is 2. The first-order valence-corrected chi connectivity index (χ1v) is 8.17. The van der Waals surface area contributed by atoms with Crippen molar-refractivity contribution in [3.8, 4) is 0 Å². The summed E-state index contributed by atoms with van der Waals surface area (Å²) in [6.07, 6.45) is 2.66. The maximum Gasteiger partial charge on any atom is 0.326 e. The molecule has 1 aromatic carbocycles. The third-order valence-electron chi connectivity index (χ3n) is 3.55. The first-order valence-electron chi connectivity index (χ1n) is 6.78. The van der Waals surface area contributed by atoms with E-state index >= 15 is 0 Å². The number of rotatable bonds is 4. The predicted molar refractivity (Wildman–Crippen MR) is 82.1 cm³/mol. The van der Waals surface area contributed by atoms with Gasteiger partial charge in [0.15, 0.2) is 0 Å². The number of carbonyl (C=O) groups is 1. The Morgan fingerprint density at radius 1 is 1.30 bits per heavy atom. The molecule has 0 saturated heterocycles. The molecule has 0 fully saturated rings. The zero-order chi connectivity index (χ0) is 16.6. The second kappa shape index (κ2) is 5.58. The third-order valence-corrected chi connectivity index (χ3v) is 5.38. The average molecular weight is 339 g/mol. The van der Waals surface area contributed by atoms with Crippen molar-refractivity contribution in [1.29, 1.82) is 0 Å². The Bertz CT molecular complexity index is 836. The van der Waals surface area contributed by atoms with Crippen LogP contribution in [-0.4, -0.2) is 34.5 Å². The van der Waals surface area contributed by atoms with E-state index in [1.807, 2.05) is 0 Å². The molecule has 23 heavy (non-hydrogen) atoms. The van der Waals surface area contributed by atoms with Crippen molar-refractivity contribution in [3.05, 3.63) is 48.2 Å². The number of fused-ring (bicyclic) bond motifs is 1. The lowest BCUT2D eigenvalue weighted by Crippen LogP contribution is -2.40. The minimum Gasteiger partial charge on any atom is -0.472 e. The second-order valence-corrected chi connectivity index (χ2v) is 6.83. The number of carbonyl (C=O) groups excluding carboxylic acids is 1. The largest absolute Gasteiger partial charge is 0.472 e. The zero-order valence-electron chi connectivity index (χ0n) is 12.2. The van der Waals surface area contributed by atoms with Crippen LogP contribution in [0.25, 0.3) is 0 Å². The molecule has 0 atom stereocenters. The third kappa shape index (κ3) is 2.63. The number of hydrogen-bond donors (Lipinski definition) is 1. The first-order chi connectivity index (χ1) is 10.9. The molecule has 9 heteroatoms. The molecule has 1 amide bonds. The van der Waals surface area contributed by atoms with E-state index in [1.165, 1.54) is 37.8 Å². The van der Waals surface area contributed by atoms with Gasteiger partial charge in [0, 0.05) is 19.7 Å². The van der Waals surface area contributed by atoms with Crippen LogP contribution < -0.4 is 13.9 Å². The van der Waals surface area contributed by atoms with Crippen molar-refractivity contribution < 1.29 is 22.0 Å². The number of nitrogens with one attached hydrogen (secondary N) is 1. The number of anilines is 2. The molecule has 1 N–H and O–H groups in total. The molecule has 2 heterocycles. The monoisotopic (exact) mass is 339 g/mol. The van der Waals surface area contributed by atoms with E-state index < -0.39 is 16.0 Å². The van der Waals surface area contributed by atoms with Crippen molar-refractivity contribution in [2.45, 2.75) is 0 Å². The maximum atomic E-state index is 13.4. The van der Waals surface area contributed by atoms with Crippen LogP contribution >= 0.6 is 0 Å². The highest BCUT2D eigenvalue weighted by Crippen LogP contribution is 2.39. The summed E-state index contributed by atoms with van der Waals surface area (Å²) in [6, 6.07) is 5.27. The molecule has 0 unspecified atom stereocenters. The standard InChI is InChI=1S/C14H14FN3O4S/c1-17-12-3-2-11(15)8-13(12)18(23(17,20)21)6-5-16-14(19)10-4-7-22-9-10/h2-4,7-9H,5-6H2,1H3,(H,16,19). The van der Waals surface area contributed by atoms with Crippen LogP contribution in [0.2, 0.25) is 0 Å². The van der Waals surface area contributed by atoms with Gasteiger partial charge in [-0.25, -0.2) is 8.70 Å². The second-order valence-electron chi connectivity index (χ2n) is 4.95. The highest BCUT2D eigenvalue weighted by molar-refractivity contribution is 7.94. The lowest BCUT2D eigenvalue weighted by Gasteiger charge is -2.19. The first kappa shape index (κ1) is 15.3. The Morgan fingerprint density at radius 3 is 2.78 bits per heavy atom. The lowest BCUT2D eigenvalue weighted by molar-refractivity contribution is 0.0954. The molecular weight excluding hydrogens is 325 g/mol. The number of halogens is 1. The van der Waals surface area contributed by atoms with Crippen molar-refractivity contribution in [2.75, 3.05) is 28.7 Å². The predicted octanol–water partition coefficient (Wildman–Crippen LogP) is 1.35. The summed E-state index contributed by atoms with van der Waals surface area (Å²) in [6.45, 7) is 0.0692. The smallest absolute Gasteiger partial charge is 0.326 e. The molecule has 1 aliphatic heterocycles. The minimum absolute atomic E-state index is 0.00722. The topological polar surface area (TPSA) is 82.9 Å². The summed E-state index contributed by atoms with van der Waals surface area (Å²) in [5.41, 5.74) is 0.996. The molecule has 0 aliphatic carbocycles. The Hall–Kier alpha value is -2.55. The Morgan fingerprint density at radius 2 is 2.09 bits per heavy atom. The fraction of sp³-hybridized carbons (Fsp3) is 0.214.